The predicted octanol–water partition coefficient (Wildman–Crippen LogP) is 5.10. The number of allylic oxidation sites excluding steroid dienone is 1. The zero-order valence-electron chi connectivity index (χ0n) is 14.7. The summed E-state index contributed by atoms with van der Waals surface area (Å²) in [7, 11) is 0. The summed E-state index contributed by atoms with van der Waals surface area (Å²) in [4.78, 5) is 0. The molecule has 0 amide bonds. The summed E-state index contributed by atoms with van der Waals surface area (Å²) >= 11 is 0. The first-order chi connectivity index (χ1) is 10.8. The number of fused-ring (bicyclic) bond motifs is 1. The van der Waals surface area contributed by atoms with Gasteiger partial charge >= 0.3 is 0 Å². The third kappa shape index (κ3) is 2.00. The van der Waals surface area contributed by atoms with E-state index >= 15 is 0 Å². The molecule has 2 heteroatoms. The highest BCUT2D eigenvalue weighted by molar-refractivity contribution is 5.42. The Morgan fingerprint density at radius 3 is 2.83 bits per heavy atom. The van der Waals surface area contributed by atoms with Crippen LogP contribution in [0.25, 0.3) is 0 Å². The third-order valence-corrected chi connectivity index (χ3v) is 7.44. The van der Waals surface area contributed by atoms with Crippen LogP contribution in [-0.2, 0) is 6.42 Å². The highest BCUT2D eigenvalue weighted by Gasteiger charge is 2.58. The van der Waals surface area contributed by atoms with Gasteiger partial charge in [-0.05, 0) is 66.7 Å². The first-order valence-electron chi connectivity index (χ1n) is 9.00. The third-order valence-electron chi connectivity index (χ3n) is 7.44. The lowest BCUT2D eigenvalue weighted by Gasteiger charge is -2.59. The van der Waals surface area contributed by atoms with E-state index in [0.29, 0.717) is 17.6 Å². The van der Waals surface area contributed by atoms with Gasteiger partial charge in [-0.15, -0.1) is 0 Å². The molecule has 1 aromatic rings. The molecule has 1 aliphatic heterocycles. The van der Waals surface area contributed by atoms with Crippen LogP contribution in [0.2, 0.25) is 0 Å². The highest BCUT2D eigenvalue weighted by Crippen LogP contribution is 2.63. The lowest BCUT2D eigenvalue weighted by molar-refractivity contribution is -0.0889. The molecule has 1 N–H and O–H groups in total. The van der Waals surface area contributed by atoms with Gasteiger partial charge in [0.2, 0.25) is 0 Å². The lowest BCUT2D eigenvalue weighted by atomic mass is 9.46. The normalized spacial score (nSPS) is 41.9. The molecular weight excluding hydrogens is 284 g/mol. The standard InChI is InChI=1S/C21H28O2/c1-13-5-7-18-19-20(13,3)10-9-14(2)21(19,4)12-15-11-16(22)6-8-17(15)23-18/h5-6,8,11,14,18-19,22H,7,9-10,12H2,1-4H3/t14-,18-,19+,20+,21+/m0/s1. The molecule has 0 saturated heterocycles. The second-order valence-electron chi connectivity index (χ2n) is 8.59. The van der Waals surface area contributed by atoms with Crippen LogP contribution in [0.1, 0.15) is 52.5 Å². The molecular formula is C21H28O2. The minimum absolute atomic E-state index is 0.215. The number of rotatable bonds is 0. The van der Waals surface area contributed by atoms with Crippen molar-refractivity contribution in [1.82, 2.24) is 0 Å². The Bertz CT molecular complexity index is 676. The number of phenolic OH excluding ortho intramolecular Hbond substituents is 1. The molecule has 1 heterocycles. The summed E-state index contributed by atoms with van der Waals surface area (Å²) < 4.78 is 6.52. The SMILES string of the molecule is CC1=CC[C@@H]2Oc3ccc(O)cc3C[C@]3(C)[C@@H](C)CC[C@@]1(C)[C@@H]23. The second kappa shape index (κ2) is 4.78. The van der Waals surface area contributed by atoms with Gasteiger partial charge in [0.05, 0.1) is 0 Å². The van der Waals surface area contributed by atoms with Gasteiger partial charge in [0, 0.05) is 12.3 Å². The van der Waals surface area contributed by atoms with Crippen molar-refractivity contribution in [2.45, 2.75) is 59.5 Å². The van der Waals surface area contributed by atoms with Gasteiger partial charge in [-0.3, -0.25) is 0 Å². The van der Waals surface area contributed by atoms with E-state index in [2.05, 4.69) is 33.8 Å². The molecule has 1 saturated carbocycles. The fourth-order valence-electron chi connectivity index (χ4n) is 5.77. The van der Waals surface area contributed by atoms with Crippen LogP contribution in [-0.4, -0.2) is 11.2 Å². The largest absolute Gasteiger partial charge is 0.508 e. The van der Waals surface area contributed by atoms with E-state index in [-0.39, 0.29) is 16.9 Å². The molecule has 0 aromatic heterocycles. The zero-order chi connectivity index (χ0) is 16.4. The van der Waals surface area contributed by atoms with Crippen molar-refractivity contribution in [3.8, 4) is 11.5 Å². The summed E-state index contributed by atoms with van der Waals surface area (Å²) in [5.41, 5.74) is 3.19. The number of aromatic hydroxyl groups is 1. The molecule has 23 heavy (non-hydrogen) atoms. The predicted molar refractivity (Wildman–Crippen MR) is 92.7 cm³/mol. The van der Waals surface area contributed by atoms with Gasteiger partial charge in [-0.1, -0.05) is 32.4 Å². The summed E-state index contributed by atoms with van der Waals surface area (Å²) in [5, 5.41) is 9.94. The van der Waals surface area contributed by atoms with Crippen LogP contribution >= 0.6 is 0 Å². The number of hydrogen-bond donors (Lipinski definition) is 1. The van der Waals surface area contributed by atoms with Crippen LogP contribution in [0.15, 0.2) is 29.8 Å². The summed E-state index contributed by atoms with van der Waals surface area (Å²) in [5.74, 6) is 2.54. The van der Waals surface area contributed by atoms with Crippen molar-refractivity contribution in [2.24, 2.45) is 22.7 Å². The first kappa shape index (κ1) is 15.1. The lowest BCUT2D eigenvalue weighted by Crippen LogP contribution is -2.56. The summed E-state index contributed by atoms with van der Waals surface area (Å²) in [6.07, 6.45) is 7.20. The fraction of sp³-hybridized carbons (Fsp3) is 0.619. The van der Waals surface area contributed by atoms with Gasteiger partial charge in [-0.2, -0.15) is 0 Å². The fourth-order valence-corrected chi connectivity index (χ4v) is 5.77. The van der Waals surface area contributed by atoms with Crippen LogP contribution < -0.4 is 4.74 Å². The quantitative estimate of drug-likeness (QED) is 0.675. The van der Waals surface area contributed by atoms with Crippen LogP contribution in [0.4, 0.5) is 0 Å². The Balaban J connectivity index is 1.89. The van der Waals surface area contributed by atoms with Gasteiger partial charge in [0.15, 0.2) is 0 Å². The molecule has 0 radical (unpaired) electrons. The molecule has 5 atom stereocenters. The van der Waals surface area contributed by atoms with E-state index < -0.39 is 0 Å². The molecule has 0 spiro atoms. The van der Waals surface area contributed by atoms with Gasteiger partial charge in [-0.25, -0.2) is 0 Å². The maximum atomic E-state index is 9.94. The summed E-state index contributed by atoms with van der Waals surface area (Å²) in [6.45, 7) is 9.65. The molecule has 0 unspecified atom stereocenters. The van der Waals surface area contributed by atoms with Gasteiger partial charge in [0.25, 0.3) is 0 Å². The van der Waals surface area contributed by atoms with Crippen molar-refractivity contribution in [2.75, 3.05) is 0 Å². The van der Waals surface area contributed by atoms with Crippen LogP contribution in [0.3, 0.4) is 0 Å². The van der Waals surface area contributed by atoms with Crippen molar-refractivity contribution in [3.63, 3.8) is 0 Å². The van der Waals surface area contributed by atoms with E-state index in [0.717, 1.165) is 18.6 Å². The van der Waals surface area contributed by atoms with E-state index in [1.54, 1.807) is 11.6 Å². The minimum Gasteiger partial charge on any atom is -0.508 e. The van der Waals surface area contributed by atoms with Crippen molar-refractivity contribution < 1.29 is 9.84 Å². The average Bonchev–Trinajstić information content (AvgIpc) is 2.62. The Labute approximate surface area is 139 Å². The van der Waals surface area contributed by atoms with E-state index in [1.807, 2.05) is 12.1 Å². The number of phenols is 1. The monoisotopic (exact) mass is 312 g/mol. The van der Waals surface area contributed by atoms with E-state index in [9.17, 15) is 5.11 Å². The van der Waals surface area contributed by atoms with Crippen molar-refractivity contribution >= 4 is 0 Å². The van der Waals surface area contributed by atoms with Gasteiger partial charge in [0.1, 0.15) is 17.6 Å². The number of benzene rings is 1. The molecule has 1 fully saturated rings. The molecule has 1 aromatic carbocycles. The molecule has 3 aliphatic rings. The number of ether oxygens (including phenoxy) is 1. The Hall–Kier alpha value is -1.44. The molecule has 124 valence electrons. The van der Waals surface area contributed by atoms with E-state index in [1.165, 1.54) is 18.4 Å². The van der Waals surface area contributed by atoms with Crippen LogP contribution in [0.5, 0.6) is 11.5 Å². The Morgan fingerprint density at radius 1 is 1.26 bits per heavy atom. The highest BCUT2D eigenvalue weighted by atomic mass is 16.5. The maximum Gasteiger partial charge on any atom is 0.123 e. The van der Waals surface area contributed by atoms with Crippen LogP contribution in [0, 0.1) is 22.7 Å². The second-order valence-corrected chi connectivity index (χ2v) is 8.59. The zero-order valence-corrected chi connectivity index (χ0v) is 14.7. The Kier molecular flexibility index (Phi) is 3.14. The average molecular weight is 312 g/mol. The Morgan fingerprint density at radius 2 is 2.04 bits per heavy atom. The smallest absolute Gasteiger partial charge is 0.123 e. The van der Waals surface area contributed by atoms with Crippen molar-refractivity contribution in [3.05, 3.63) is 35.4 Å². The van der Waals surface area contributed by atoms with Crippen molar-refractivity contribution in [1.29, 1.82) is 0 Å². The minimum atomic E-state index is 0.215. The number of hydrogen-bond acceptors (Lipinski definition) is 2. The first-order valence-corrected chi connectivity index (χ1v) is 9.00. The maximum absolute atomic E-state index is 9.94. The molecule has 0 bridgehead atoms. The van der Waals surface area contributed by atoms with Gasteiger partial charge < -0.3 is 9.84 Å². The molecule has 2 nitrogen and oxygen atoms in total. The summed E-state index contributed by atoms with van der Waals surface area (Å²) in [6, 6.07) is 5.62. The molecule has 2 aliphatic carbocycles. The molecule has 4 rings (SSSR count). The van der Waals surface area contributed by atoms with E-state index in [4.69, 9.17) is 4.74 Å². The topological polar surface area (TPSA) is 29.5 Å².